The average Bonchev–Trinajstić information content (AvgIpc) is 2.60. The van der Waals surface area contributed by atoms with E-state index in [0.717, 1.165) is 25.1 Å². The number of nitrogens with two attached hydrogens (primary N) is 1. The third kappa shape index (κ3) is 11.0. The van der Waals surface area contributed by atoms with Crippen molar-refractivity contribution in [3.05, 3.63) is 18.2 Å². The van der Waals surface area contributed by atoms with Crippen LogP contribution >= 0.6 is 24.0 Å². The fourth-order valence-corrected chi connectivity index (χ4v) is 2.14. The van der Waals surface area contributed by atoms with Gasteiger partial charge in [0.15, 0.2) is 5.96 Å². The van der Waals surface area contributed by atoms with E-state index >= 15 is 0 Å². The molecule has 0 radical (unpaired) electrons. The fraction of sp³-hybridized carbons (Fsp3) is 0.611. The van der Waals surface area contributed by atoms with E-state index < -0.39 is 0 Å². The maximum atomic E-state index is 5.82. The minimum absolute atomic E-state index is 0. The van der Waals surface area contributed by atoms with Gasteiger partial charge in [-0.3, -0.25) is 4.99 Å². The topological polar surface area (TPSA) is 78.1 Å². The summed E-state index contributed by atoms with van der Waals surface area (Å²) >= 11 is 0. The number of rotatable bonds is 12. The summed E-state index contributed by atoms with van der Waals surface area (Å²) in [5, 5.41) is 3.13. The summed E-state index contributed by atoms with van der Waals surface area (Å²) in [5.74, 6) is 2.64. The minimum Gasteiger partial charge on any atom is -0.496 e. The van der Waals surface area contributed by atoms with Crippen molar-refractivity contribution >= 4 is 29.9 Å². The number of unbranched alkanes of at least 4 members (excludes halogenated alkanes) is 3. The van der Waals surface area contributed by atoms with Crippen LogP contribution < -0.4 is 25.3 Å². The Balaban J connectivity index is 0.00000576. The van der Waals surface area contributed by atoms with Crippen molar-refractivity contribution in [3.8, 4) is 17.2 Å². The van der Waals surface area contributed by atoms with Gasteiger partial charge in [0.25, 0.3) is 0 Å². The predicted octanol–water partition coefficient (Wildman–Crippen LogP) is 3.58. The molecule has 1 aromatic carbocycles. The van der Waals surface area contributed by atoms with Crippen molar-refractivity contribution in [1.82, 2.24) is 5.32 Å². The summed E-state index contributed by atoms with van der Waals surface area (Å²) in [7, 11) is 3.23. The van der Waals surface area contributed by atoms with Gasteiger partial charge in [0.1, 0.15) is 17.2 Å². The maximum absolute atomic E-state index is 5.82. The van der Waals surface area contributed by atoms with Crippen molar-refractivity contribution in [2.24, 2.45) is 10.7 Å². The van der Waals surface area contributed by atoms with Crippen LogP contribution in [0.25, 0.3) is 0 Å². The molecule has 0 unspecified atom stereocenters. The predicted molar refractivity (Wildman–Crippen MR) is 114 cm³/mol. The van der Waals surface area contributed by atoms with E-state index in [1.54, 1.807) is 14.2 Å². The number of hydrogen-bond donors (Lipinski definition) is 2. The second kappa shape index (κ2) is 14.9. The van der Waals surface area contributed by atoms with E-state index in [0.29, 0.717) is 30.6 Å². The lowest BCUT2D eigenvalue weighted by Crippen LogP contribution is -2.32. The van der Waals surface area contributed by atoms with Crippen LogP contribution in [-0.4, -0.2) is 39.9 Å². The van der Waals surface area contributed by atoms with Crippen LogP contribution in [0.2, 0.25) is 0 Å². The van der Waals surface area contributed by atoms with Gasteiger partial charge in [-0.15, -0.1) is 24.0 Å². The molecule has 0 fully saturated rings. The number of benzene rings is 1. The number of nitrogens with zero attached hydrogens (tertiary/aromatic N) is 1. The van der Waals surface area contributed by atoms with Gasteiger partial charge in [-0.2, -0.15) is 0 Å². The zero-order valence-electron chi connectivity index (χ0n) is 15.5. The number of methoxy groups -OCH3 is 2. The molecule has 0 amide bonds. The molecule has 0 saturated heterocycles. The molecule has 0 aromatic heterocycles. The Morgan fingerprint density at radius 1 is 1.00 bits per heavy atom. The van der Waals surface area contributed by atoms with Crippen molar-refractivity contribution in [2.45, 2.75) is 39.0 Å². The Morgan fingerprint density at radius 2 is 1.64 bits per heavy atom. The van der Waals surface area contributed by atoms with E-state index in [1.165, 1.54) is 19.3 Å². The molecule has 0 bridgehead atoms. The van der Waals surface area contributed by atoms with E-state index in [9.17, 15) is 0 Å². The molecule has 0 spiro atoms. The van der Waals surface area contributed by atoms with Crippen molar-refractivity contribution in [2.75, 3.05) is 33.9 Å². The quantitative estimate of drug-likeness (QED) is 0.214. The molecule has 0 heterocycles. The summed E-state index contributed by atoms with van der Waals surface area (Å²) in [4.78, 5) is 4.29. The van der Waals surface area contributed by atoms with Gasteiger partial charge in [0.2, 0.25) is 0 Å². The molecule has 1 aromatic rings. The number of ether oxygens (including phenoxy) is 3. The fourth-order valence-electron chi connectivity index (χ4n) is 2.14. The van der Waals surface area contributed by atoms with Gasteiger partial charge in [0, 0.05) is 37.7 Å². The Hall–Kier alpha value is -1.38. The highest BCUT2D eigenvalue weighted by atomic mass is 127. The van der Waals surface area contributed by atoms with Crippen LogP contribution in [0.5, 0.6) is 17.2 Å². The highest BCUT2D eigenvalue weighted by molar-refractivity contribution is 14.0. The molecule has 3 N–H and O–H groups in total. The molecule has 0 aliphatic carbocycles. The first kappa shape index (κ1) is 23.6. The second-order valence-electron chi connectivity index (χ2n) is 5.50. The molecule has 6 nitrogen and oxygen atoms in total. The largest absolute Gasteiger partial charge is 0.496 e. The van der Waals surface area contributed by atoms with Crippen molar-refractivity contribution in [1.29, 1.82) is 0 Å². The minimum atomic E-state index is 0. The van der Waals surface area contributed by atoms with Crippen LogP contribution in [0.3, 0.4) is 0 Å². The number of guanidine groups is 1. The summed E-state index contributed by atoms with van der Waals surface area (Å²) in [6.45, 7) is 4.28. The van der Waals surface area contributed by atoms with E-state index in [-0.39, 0.29) is 24.0 Å². The summed E-state index contributed by atoms with van der Waals surface area (Å²) in [6.07, 6.45) is 5.66. The Bertz CT molecular complexity index is 476. The van der Waals surface area contributed by atoms with E-state index in [1.807, 2.05) is 18.2 Å². The van der Waals surface area contributed by atoms with Crippen molar-refractivity contribution in [3.63, 3.8) is 0 Å². The van der Waals surface area contributed by atoms with Crippen LogP contribution in [-0.2, 0) is 0 Å². The molecule has 25 heavy (non-hydrogen) atoms. The Labute approximate surface area is 168 Å². The summed E-state index contributed by atoms with van der Waals surface area (Å²) < 4.78 is 16.1. The van der Waals surface area contributed by atoms with Crippen LogP contribution in [0, 0.1) is 0 Å². The Kier molecular flexibility index (Phi) is 14.1. The molecule has 0 saturated carbocycles. The monoisotopic (exact) mass is 465 g/mol. The molecule has 0 atom stereocenters. The van der Waals surface area contributed by atoms with Crippen LogP contribution in [0.1, 0.15) is 39.0 Å². The van der Waals surface area contributed by atoms with Gasteiger partial charge in [-0.05, 0) is 6.42 Å². The lowest BCUT2D eigenvalue weighted by Gasteiger charge is -2.10. The van der Waals surface area contributed by atoms with Crippen LogP contribution in [0.4, 0.5) is 0 Å². The molecular weight excluding hydrogens is 433 g/mol. The third-order valence-corrected chi connectivity index (χ3v) is 3.51. The summed E-state index contributed by atoms with van der Waals surface area (Å²) in [6, 6.07) is 5.47. The highest BCUT2D eigenvalue weighted by Crippen LogP contribution is 2.27. The first-order chi connectivity index (χ1) is 11.7. The Morgan fingerprint density at radius 3 is 2.24 bits per heavy atom. The molecular formula is C18H32IN3O3. The van der Waals surface area contributed by atoms with Gasteiger partial charge in [-0.25, -0.2) is 0 Å². The van der Waals surface area contributed by atoms with Crippen LogP contribution in [0.15, 0.2) is 23.2 Å². The normalized spacial score (nSPS) is 10.8. The SMILES string of the molecule is CCCCCCNC(N)=NCCCOc1cc(OC)cc(OC)c1.I. The van der Waals surface area contributed by atoms with Crippen molar-refractivity contribution < 1.29 is 14.2 Å². The molecule has 7 heteroatoms. The summed E-state index contributed by atoms with van der Waals surface area (Å²) in [5.41, 5.74) is 5.82. The first-order valence-electron chi connectivity index (χ1n) is 8.59. The lowest BCUT2D eigenvalue weighted by atomic mass is 10.2. The van der Waals surface area contributed by atoms with Gasteiger partial charge in [-0.1, -0.05) is 26.2 Å². The standard InChI is InChI=1S/C18H31N3O3.HI/c1-4-5-6-7-9-20-18(19)21-10-8-11-24-17-13-15(22-2)12-16(14-17)23-3;/h12-14H,4-11H2,1-3H3,(H3,19,20,21);1H. The zero-order chi connectivity index (χ0) is 17.6. The molecule has 0 aliphatic rings. The van der Waals surface area contributed by atoms with E-state index in [4.69, 9.17) is 19.9 Å². The lowest BCUT2D eigenvalue weighted by molar-refractivity contribution is 0.307. The third-order valence-electron chi connectivity index (χ3n) is 3.51. The number of hydrogen-bond acceptors (Lipinski definition) is 4. The van der Waals surface area contributed by atoms with Gasteiger partial charge >= 0.3 is 0 Å². The molecule has 0 aliphatic heterocycles. The molecule has 144 valence electrons. The number of halogens is 1. The van der Waals surface area contributed by atoms with Gasteiger partial charge in [0.05, 0.1) is 20.8 Å². The second-order valence-corrected chi connectivity index (χ2v) is 5.50. The first-order valence-corrected chi connectivity index (χ1v) is 8.59. The van der Waals surface area contributed by atoms with E-state index in [2.05, 4.69) is 17.2 Å². The smallest absolute Gasteiger partial charge is 0.188 e. The molecule has 1 rings (SSSR count). The maximum Gasteiger partial charge on any atom is 0.188 e. The number of nitrogens with one attached hydrogen (secondary N) is 1. The average molecular weight is 465 g/mol. The van der Waals surface area contributed by atoms with Gasteiger partial charge < -0.3 is 25.3 Å². The zero-order valence-corrected chi connectivity index (χ0v) is 17.9. The number of aliphatic imine (C=N–C) groups is 1. The highest BCUT2D eigenvalue weighted by Gasteiger charge is 2.02.